The highest BCUT2D eigenvalue weighted by Crippen LogP contribution is 2.52. The molecule has 0 aromatic carbocycles. The number of fused-ring (bicyclic) bond motifs is 5. The van der Waals surface area contributed by atoms with E-state index in [9.17, 15) is 24.0 Å². The van der Waals surface area contributed by atoms with Crippen LogP contribution in [0.4, 0.5) is 4.79 Å². The van der Waals surface area contributed by atoms with E-state index < -0.39 is 11.7 Å². The van der Waals surface area contributed by atoms with E-state index in [1.54, 1.807) is 25.7 Å². The van der Waals surface area contributed by atoms with Crippen molar-refractivity contribution in [1.29, 1.82) is 0 Å². The van der Waals surface area contributed by atoms with Gasteiger partial charge in [0.05, 0.1) is 17.8 Å². The minimum Gasteiger partial charge on any atom is -0.444 e. The van der Waals surface area contributed by atoms with Crippen molar-refractivity contribution in [1.82, 2.24) is 20.4 Å². The van der Waals surface area contributed by atoms with Gasteiger partial charge in [-0.15, -0.1) is 0 Å². The molecule has 2 aliphatic carbocycles. The van der Waals surface area contributed by atoms with Gasteiger partial charge in [-0.25, -0.2) is 4.79 Å². The van der Waals surface area contributed by atoms with Gasteiger partial charge in [0, 0.05) is 26.2 Å². The fraction of sp³-hybridized carbons (Fsp3) is 0.708. The number of piperidine rings is 1. The minimum absolute atomic E-state index is 0.111. The Bertz CT molecular complexity index is 880. The topological polar surface area (TPSA) is 125 Å². The van der Waals surface area contributed by atoms with Crippen LogP contribution in [0.3, 0.4) is 0 Å². The van der Waals surface area contributed by atoms with E-state index in [-0.39, 0.29) is 79.4 Å². The van der Waals surface area contributed by atoms with E-state index in [2.05, 4.69) is 10.6 Å². The molecular weight excluding hydrogens is 440 g/mol. The van der Waals surface area contributed by atoms with E-state index in [1.165, 1.54) is 0 Å². The third kappa shape index (κ3) is 4.95. The van der Waals surface area contributed by atoms with Gasteiger partial charge in [-0.1, -0.05) is 12.2 Å². The summed E-state index contributed by atoms with van der Waals surface area (Å²) < 4.78 is 5.15. The summed E-state index contributed by atoms with van der Waals surface area (Å²) in [5, 5.41) is 5.37. The smallest absolute Gasteiger partial charge is 0.407 e. The summed E-state index contributed by atoms with van der Waals surface area (Å²) in [5.41, 5.74) is -0.592. The molecule has 10 heteroatoms. The van der Waals surface area contributed by atoms with Crippen molar-refractivity contribution in [2.45, 2.75) is 45.6 Å². The standard InChI is InChI=1S/C24H34N4O6/c1-24(2,3)34-23(33)26-9-8-25-20(30)16-5-4-10-27(12-16)17(29)13-28-21(31)18-14-6-7-15(11-14)19(18)22(28)32/h6-7,14-16,18-19H,4-5,8-13H2,1-3H3,(H,25,30)(H,26,33). The molecule has 2 N–H and O–H groups in total. The SMILES string of the molecule is CC(C)(C)OC(=O)NCCNC(=O)C1CCCN(C(=O)CN2C(=O)C3C4C=CC(C4)C3C2=O)C1. The summed E-state index contributed by atoms with van der Waals surface area (Å²) in [6.45, 7) is 6.29. The van der Waals surface area contributed by atoms with Crippen LogP contribution >= 0.6 is 0 Å². The zero-order valence-corrected chi connectivity index (χ0v) is 20.0. The first kappa shape index (κ1) is 24.2. The Morgan fingerprint density at radius 3 is 2.26 bits per heavy atom. The number of carbonyl (C=O) groups excluding carboxylic acids is 5. The van der Waals surface area contributed by atoms with Crippen LogP contribution in [-0.4, -0.2) is 77.8 Å². The lowest BCUT2D eigenvalue weighted by atomic mass is 9.85. The summed E-state index contributed by atoms with van der Waals surface area (Å²) in [7, 11) is 0. The number of nitrogens with zero attached hydrogens (tertiary/aromatic N) is 2. The van der Waals surface area contributed by atoms with Gasteiger partial charge in [-0.2, -0.15) is 0 Å². The maximum absolute atomic E-state index is 12.9. The maximum atomic E-state index is 12.9. The molecule has 0 radical (unpaired) electrons. The monoisotopic (exact) mass is 474 g/mol. The van der Waals surface area contributed by atoms with Crippen molar-refractivity contribution >= 4 is 29.7 Å². The van der Waals surface area contributed by atoms with Crippen LogP contribution in [0.25, 0.3) is 0 Å². The Hall–Kier alpha value is -2.91. The largest absolute Gasteiger partial charge is 0.444 e. The lowest BCUT2D eigenvalue weighted by Gasteiger charge is -2.33. The van der Waals surface area contributed by atoms with Gasteiger partial charge in [0.1, 0.15) is 12.1 Å². The predicted octanol–water partition coefficient (Wildman–Crippen LogP) is 0.673. The van der Waals surface area contributed by atoms with E-state index in [0.29, 0.717) is 19.4 Å². The molecule has 2 heterocycles. The van der Waals surface area contributed by atoms with Crippen LogP contribution < -0.4 is 10.6 Å². The van der Waals surface area contributed by atoms with Crippen molar-refractivity contribution < 1.29 is 28.7 Å². The van der Waals surface area contributed by atoms with Crippen LogP contribution in [0.2, 0.25) is 0 Å². The number of amides is 5. The van der Waals surface area contributed by atoms with Gasteiger partial charge in [-0.3, -0.25) is 24.1 Å². The van der Waals surface area contributed by atoms with Gasteiger partial charge in [0.2, 0.25) is 23.6 Å². The lowest BCUT2D eigenvalue weighted by Crippen LogP contribution is -2.50. The highest BCUT2D eigenvalue weighted by Gasteiger charge is 2.59. The minimum atomic E-state index is -0.592. The molecule has 2 bridgehead atoms. The van der Waals surface area contributed by atoms with E-state index in [4.69, 9.17) is 4.74 Å². The first-order valence-electron chi connectivity index (χ1n) is 12.1. The third-order valence-electron chi connectivity index (χ3n) is 7.09. The number of hydrogen-bond acceptors (Lipinski definition) is 6. The van der Waals surface area contributed by atoms with Crippen molar-refractivity contribution in [2.75, 3.05) is 32.7 Å². The summed E-state index contributed by atoms with van der Waals surface area (Å²) in [6.07, 6.45) is 5.68. The van der Waals surface area contributed by atoms with Gasteiger partial charge in [0.25, 0.3) is 0 Å². The van der Waals surface area contributed by atoms with E-state index >= 15 is 0 Å². The average Bonchev–Trinajstić information content (AvgIpc) is 3.45. The van der Waals surface area contributed by atoms with Crippen LogP contribution in [0.5, 0.6) is 0 Å². The van der Waals surface area contributed by atoms with Crippen molar-refractivity contribution in [2.24, 2.45) is 29.6 Å². The second-order valence-electron chi connectivity index (χ2n) is 10.7. The Morgan fingerprint density at radius 1 is 1.03 bits per heavy atom. The predicted molar refractivity (Wildman–Crippen MR) is 121 cm³/mol. The first-order valence-corrected chi connectivity index (χ1v) is 12.1. The van der Waals surface area contributed by atoms with E-state index in [1.807, 2.05) is 12.2 Å². The molecule has 2 aliphatic heterocycles. The maximum Gasteiger partial charge on any atom is 0.407 e. The fourth-order valence-electron chi connectivity index (χ4n) is 5.58. The Morgan fingerprint density at radius 2 is 1.65 bits per heavy atom. The number of imide groups is 1. The normalized spacial score (nSPS) is 29.9. The molecule has 10 nitrogen and oxygen atoms in total. The summed E-state index contributed by atoms with van der Waals surface area (Å²) in [4.78, 5) is 65.6. The summed E-state index contributed by atoms with van der Waals surface area (Å²) in [5.74, 6) is -1.73. The average molecular weight is 475 g/mol. The number of carbonyl (C=O) groups is 5. The molecule has 3 fully saturated rings. The molecule has 5 unspecified atom stereocenters. The third-order valence-corrected chi connectivity index (χ3v) is 7.09. The molecule has 34 heavy (non-hydrogen) atoms. The number of nitrogens with one attached hydrogen (secondary N) is 2. The molecule has 0 aromatic rings. The number of alkyl carbamates (subject to hydrolysis) is 1. The molecule has 2 saturated heterocycles. The van der Waals surface area contributed by atoms with Crippen molar-refractivity contribution in [3.05, 3.63) is 12.2 Å². The van der Waals surface area contributed by atoms with E-state index in [0.717, 1.165) is 11.3 Å². The zero-order valence-electron chi connectivity index (χ0n) is 20.0. The molecule has 5 atom stereocenters. The molecule has 1 saturated carbocycles. The number of hydrogen-bond donors (Lipinski definition) is 2. The van der Waals surface area contributed by atoms with Crippen molar-refractivity contribution in [3.63, 3.8) is 0 Å². The highest BCUT2D eigenvalue weighted by molar-refractivity contribution is 6.08. The van der Waals surface area contributed by atoms with Gasteiger partial charge in [0.15, 0.2) is 0 Å². The quantitative estimate of drug-likeness (QED) is 0.331. The molecule has 0 spiro atoms. The number of rotatable bonds is 6. The lowest BCUT2D eigenvalue weighted by molar-refractivity contribution is -0.148. The van der Waals surface area contributed by atoms with Crippen LogP contribution in [-0.2, 0) is 23.9 Å². The number of allylic oxidation sites excluding steroid dienone is 2. The summed E-state index contributed by atoms with van der Waals surface area (Å²) in [6, 6.07) is 0. The van der Waals surface area contributed by atoms with Gasteiger partial charge >= 0.3 is 6.09 Å². The number of ether oxygens (including phenoxy) is 1. The van der Waals surface area contributed by atoms with Crippen LogP contribution in [0.1, 0.15) is 40.0 Å². The summed E-state index contributed by atoms with van der Waals surface area (Å²) >= 11 is 0. The van der Waals surface area contributed by atoms with Gasteiger partial charge in [-0.05, 0) is 51.9 Å². The molecule has 4 rings (SSSR count). The van der Waals surface area contributed by atoms with Crippen molar-refractivity contribution in [3.8, 4) is 0 Å². The highest BCUT2D eigenvalue weighted by atomic mass is 16.6. The Balaban J connectivity index is 1.22. The van der Waals surface area contributed by atoms with Crippen LogP contribution in [0, 0.1) is 29.6 Å². The molecular formula is C24H34N4O6. The molecule has 5 amide bonds. The van der Waals surface area contributed by atoms with Gasteiger partial charge < -0.3 is 20.3 Å². The fourth-order valence-corrected chi connectivity index (χ4v) is 5.58. The molecule has 0 aromatic heterocycles. The number of likely N-dealkylation sites (tertiary alicyclic amines) is 2. The molecule has 4 aliphatic rings. The second kappa shape index (κ2) is 9.38. The first-order chi connectivity index (χ1) is 16.0. The Labute approximate surface area is 199 Å². The zero-order chi connectivity index (χ0) is 24.6. The molecule has 186 valence electrons. The Kier molecular flexibility index (Phi) is 6.69. The second-order valence-corrected chi connectivity index (χ2v) is 10.7. The van der Waals surface area contributed by atoms with Crippen LogP contribution in [0.15, 0.2) is 12.2 Å².